The van der Waals surface area contributed by atoms with Crippen molar-refractivity contribution in [2.24, 2.45) is 0 Å². The van der Waals surface area contributed by atoms with Crippen LogP contribution in [0.2, 0.25) is 0 Å². The molecular weight excluding hydrogens is 120 g/mol. The van der Waals surface area contributed by atoms with Gasteiger partial charge in [0.05, 0.1) is 29.2 Å². The van der Waals surface area contributed by atoms with E-state index in [1.807, 2.05) is 0 Å². The summed E-state index contributed by atoms with van der Waals surface area (Å²) in [5.41, 5.74) is 0. The minimum absolute atomic E-state index is 0.0517. The second kappa shape index (κ2) is 7.88. The molecule has 0 amide bonds. The largest absolute Gasteiger partial charge is 0.394 e. The van der Waals surface area contributed by atoms with E-state index in [4.69, 9.17) is 16.7 Å². The zero-order valence-electron chi connectivity index (χ0n) is 10.1. The van der Waals surface area contributed by atoms with E-state index >= 15 is 0 Å². The van der Waals surface area contributed by atoms with Crippen LogP contribution in [-0.4, -0.2) is 38.1 Å². The van der Waals surface area contributed by atoms with Crippen molar-refractivity contribution in [1.29, 1.82) is 0 Å². The van der Waals surface area contributed by atoms with E-state index < -0.39 is 13.4 Å². The second-order valence-electron chi connectivity index (χ2n) is 1.29. The maximum absolute atomic E-state index is 8.32. The fourth-order valence-electron chi connectivity index (χ4n) is 0.318. The molecule has 0 rings (SSSR count). The molecule has 0 heterocycles. The molecule has 1 N–H and O–H groups in total. The van der Waals surface area contributed by atoms with Crippen LogP contribution in [0.4, 0.5) is 0 Å². The Morgan fingerprint density at radius 1 is 1.44 bits per heavy atom. The monoisotopic (exact) mass is 139 g/mol. The lowest BCUT2D eigenvalue weighted by atomic mass is 10.7. The quantitative estimate of drug-likeness (QED) is 0.528. The highest BCUT2D eigenvalue weighted by atomic mass is 16.5. The molecular formula is C6H14O3. The first-order valence-corrected chi connectivity index (χ1v) is 2.64. The molecule has 0 aromatic rings. The highest BCUT2D eigenvalue weighted by molar-refractivity contribution is 4.28. The van der Waals surface area contributed by atoms with E-state index in [9.17, 15) is 0 Å². The van der Waals surface area contributed by atoms with Crippen LogP contribution in [-0.2, 0) is 9.47 Å². The number of rotatable bonds is 6. The average Bonchev–Trinajstić information content (AvgIpc) is 2.02. The van der Waals surface area contributed by atoms with Crippen LogP contribution >= 0.6 is 0 Å². The number of aliphatic hydroxyl groups excluding tert-OH is 1. The van der Waals surface area contributed by atoms with Crippen LogP contribution in [0.1, 0.15) is 13.7 Å². The van der Waals surface area contributed by atoms with Gasteiger partial charge < -0.3 is 14.6 Å². The fourth-order valence-corrected chi connectivity index (χ4v) is 0.318. The second-order valence-corrected chi connectivity index (χ2v) is 1.29. The van der Waals surface area contributed by atoms with Crippen LogP contribution in [0, 0.1) is 0 Å². The highest BCUT2D eigenvalue weighted by Crippen LogP contribution is 1.76. The van der Waals surface area contributed by atoms with Crippen molar-refractivity contribution in [3.63, 3.8) is 0 Å². The van der Waals surface area contributed by atoms with Crippen LogP contribution in [0.25, 0.3) is 0 Å². The van der Waals surface area contributed by atoms with Crippen molar-refractivity contribution < 1.29 is 21.4 Å². The summed E-state index contributed by atoms with van der Waals surface area (Å²) in [5, 5.41) is 8.32. The van der Waals surface area contributed by atoms with Crippen LogP contribution < -0.4 is 0 Å². The maximum atomic E-state index is 8.32. The zero-order valence-corrected chi connectivity index (χ0v) is 5.09. The van der Waals surface area contributed by atoms with E-state index in [0.717, 1.165) is 0 Å². The predicted octanol–water partition coefficient (Wildman–Crippen LogP) is 0.0318. The fraction of sp³-hybridized carbons (Fsp3) is 1.00. The predicted molar refractivity (Wildman–Crippen MR) is 34.4 cm³/mol. The number of ether oxygens (including phenoxy) is 2. The van der Waals surface area contributed by atoms with Gasteiger partial charge in [0.1, 0.15) is 0 Å². The molecule has 0 aliphatic rings. The van der Waals surface area contributed by atoms with E-state index in [1.54, 1.807) is 0 Å². The van der Waals surface area contributed by atoms with Crippen molar-refractivity contribution in [3.8, 4) is 0 Å². The molecule has 3 nitrogen and oxygen atoms in total. The molecule has 3 heteroatoms. The van der Waals surface area contributed by atoms with E-state index in [1.165, 1.54) is 0 Å². The molecule has 0 bridgehead atoms. The average molecular weight is 139 g/mol. The molecule has 0 saturated heterocycles. The van der Waals surface area contributed by atoms with Crippen molar-refractivity contribution >= 4 is 0 Å². The molecule has 0 aliphatic heterocycles. The summed E-state index contributed by atoms with van der Waals surface area (Å²) in [6.07, 6.45) is 0. The van der Waals surface area contributed by atoms with Crippen LogP contribution in [0.15, 0.2) is 0 Å². The standard InChI is InChI=1S/C6H14O3/c1-2-8-5-6-9-4-3-7/h7H,2-6H2,1H3/i1D3,2D2. The minimum atomic E-state index is -2.80. The summed E-state index contributed by atoms with van der Waals surface area (Å²) in [6, 6.07) is 0. The third kappa shape index (κ3) is 7.88. The number of aliphatic hydroxyl groups is 1. The molecule has 0 atom stereocenters. The van der Waals surface area contributed by atoms with Gasteiger partial charge in [-0.2, -0.15) is 0 Å². The van der Waals surface area contributed by atoms with Crippen LogP contribution in [0.3, 0.4) is 0 Å². The summed E-state index contributed by atoms with van der Waals surface area (Å²) < 4.78 is 43.8. The van der Waals surface area contributed by atoms with E-state index in [-0.39, 0.29) is 26.4 Å². The van der Waals surface area contributed by atoms with Gasteiger partial charge in [0.25, 0.3) is 0 Å². The Kier molecular flexibility index (Phi) is 2.91. The van der Waals surface area contributed by atoms with Crippen LogP contribution in [0.5, 0.6) is 0 Å². The summed E-state index contributed by atoms with van der Waals surface area (Å²) >= 11 is 0. The van der Waals surface area contributed by atoms with Crippen molar-refractivity contribution in [1.82, 2.24) is 0 Å². The lowest BCUT2D eigenvalue weighted by molar-refractivity contribution is 0.0370. The van der Waals surface area contributed by atoms with Gasteiger partial charge in [-0.25, -0.2) is 0 Å². The molecule has 0 radical (unpaired) electrons. The van der Waals surface area contributed by atoms with Gasteiger partial charge in [-0.1, -0.05) is 0 Å². The first-order chi connectivity index (χ1) is 6.31. The Morgan fingerprint density at radius 2 is 2.22 bits per heavy atom. The summed E-state index contributed by atoms with van der Waals surface area (Å²) in [5.74, 6) is 0. The molecule has 0 aromatic carbocycles. The van der Waals surface area contributed by atoms with Gasteiger partial charge in [0.15, 0.2) is 0 Å². The molecule has 0 saturated carbocycles. The van der Waals surface area contributed by atoms with Crippen molar-refractivity contribution in [2.45, 2.75) is 6.85 Å². The topological polar surface area (TPSA) is 38.7 Å². The van der Waals surface area contributed by atoms with Gasteiger partial charge in [-0.3, -0.25) is 0 Å². The molecule has 0 fully saturated rings. The van der Waals surface area contributed by atoms with Crippen molar-refractivity contribution in [2.75, 3.05) is 33.0 Å². The SMILES string of the molecule is [2H]C([2H])([2H])C([2H])([2H])OCCOCCO. The van der Waals surface area contributed by atoms with Gasteiger partial charge in [0.2, 0.25) is 0 Å². The lowest BCUT2D eigenvalue weighted by Crippen LogP contribution is -2.06. The zero-order chi connectivity index (χ0) is 11.2. The van der Waals surface area contributed by atoms with Crippen molar-refractivity contribution in [3.05, 3.63) is 0 Å². The normalized spacial score (nSPS) is 21.2. The van der Waals surface area contributed by atoms with Gasteiger partial charge in [-0.05, 0) is 6.85 Å². The highest BCUT2D eigenvalue weighted by Gasteiger charge is 1.84. The third-order valence-electron chi connectivity index (χ3n) is 0.638. The smallest absolute Gasteiger partial charge is 0.0701 e. The molecule has 56 valence electrons. The van der Waals surface area contributed by atoms with Gasteiger partial charge >= 0.3 is 0 Å². The van der Waals surface area contributed by atoms with E-state index in [0.29, 0.717) is 0 Å². The minimum Gasteiger partial charge on any atom is -0.394 e. The Bertz CT molecular complexity index is 158. The summed E-state index contributed by atoms with van der Waals surface area (Å²) in [7, 11) is 0. The Morgan fingerprint density at radius 3 is 2.89 bits per heavy atom. The Hall–Kier alpha value is -0.120. The Balaban J connectivity index is 3.67. The molecule has 9 heavy (non-hydrogen) atoms. The molecule has 0 spiro atoms. The number of hydrogen-bond donors (Lipinski definition) is 1. The molecule has 0 aromatic heterocycles. The lowest BCUT2D eigenvalue weighted by Gasteiger charge is -2.00. The van der Waals surface area contributed by atoms with E-state index in [2.05, 4.69) is 4.74 Å². The maximum Gasteiger partial charge on any atom is 0.0701 e. The molecule has 0 aliphatic carbocycles. The Labute approximate surface area is 62.6 Å². The van der Waals surface area contributed by atoms with Gasteiger partial charge in [-0.15, -0.1) is 0 Å². The first-order valence-electron chi connectivity index (χ1n) is 5.14. The van der Waals surface area contributed by atoms with Gasteiger partial charge in [0, 0.05) is 10.7 Å². The molecule has 0 unspecified atom stereocenters. The number of hydrogen-bond acceptors (Lipinski definition) is 3. The summed E-state index contributed by atoms with van der Waals surface area (Å²) in [4.78, 5) is 0. The summed E-state index contributed by atoms with van der Waals surface area (Å²) in [6.45, 7) is -5.58. The third-order valence-corrected chi connectivity index (χ3v) is 0.638. The first kappa shape index (κ1) is 3.32.